The van der Waals surface area contributed by atoms with E-state index < -0.39 is 0 Å². The van der Waals surface area contributed by atoms with Crippen molar-refractivity contribution in [3.05, 3.63) is 194 Å². The summed E-state index contributed by atoms with van der Waals surface area (Å²) in [6.45, 7) is 3.84. The van der Waals surface area contributed by atoms with Gasteiger partial charge in [-0.3, -0.25) is 0 Å². The summed E-state index contributed by atoms with van der Waals surface area (Å²) in [5.74, 6) is 0. The molecule has 0 bridgehead atoms. The normalized spacial score (nSPS) is 11.8. The van der Waals surface area contributed by atoms with Gasteiger partial charge in [0.25, 0.3) is 0 Å². The average molecular weight is 680 g/mol. The zero-order valence-electron chi connectivity index (χ0n) is 28.9. The molecule has 3 nitrogen and oxygen atoms in total. The highest BCUT2D eigenvalue weighted by Crippen LogP contribution is 2.46. The van der Waals surface area contributed by atoms with Crippen LogP contribution < -0.4 is 4.90 Å². The molecule has 0 saturated heterocycles. The Labute approximate surface area is 306 Å². The van der Waals surface area contributed by atoms with E-state index in [-0.39, 0.29) is 0 Å². The van der Waals surface area contributed by atoms with E-state index >= 15 is 0 Å². The molecule has 0 aliphatic rings. The summed E-state index contributed by atoms with van der Waals surface area (Å²) in [5, 5.41) is 6.75. The molecule has 53 heavy (non-hydrogen) atoms. The molecule has 0 atom stereocenters. The van der Waals surface area contributed by atoms with Crippen molar-refractivity contribution in [2.24, 2.45) is 0 Å². The maximum atomic E-state index is 6.68. The van der Waals surface area contributed by atoms with Crippen LogP contribution >= 0.6 is 0 Å². The van der Waals surface area contributed by atoms with Crippen molar-refractivity contribution in [1.82, 2.24) is 0 Å². The highest BCUT2D eigenvalue weighted by atomic mass is 16.3. The van der Waals surface area contributed by atoms with Gasteiger partial charge in [0.2, 0.25) is 0 Å². The largest absolute Gasteiger partial charge is 0.456 e. The van der Waals surface area contributed by atoms with Gasteiger partial charge in [0.15, 0.2) is 5.58 Å². The minimum Gasteiger partial charge on any atom is -0.456 e. The number of furan rings is 2. The lowest BCUT2D eigenvalue weighted by atomic mass is 9.98. The summed E-state index contributed by atoms with van der Waals surface area (Å²) in [4.78, 5) is 2.34. The van der Waals surface area contributed by atoms with Gasteiger partial charge >= 0.3 is 0 Å². The van der Waals surface area contributed by atoms with Crippen LogP contribution in [0.3, 0.4) is 0 Å². The molecule has 0 fully saturated rings. The molecular weight excluding hydrogens is 647 g/mol. The number of benzene rings is 8. The topological polar surface area (TPSA) is 29.5 Å². The van der Waals surface area contributed by atoms with Crippen molar-refractivity contribution in [2.75, 3.05) is 4.90 Å². The van der Waals surface area contributed by atoms with Crippen molar-refractivity contribution >= 4 is 77.8 Å². The third kappa shape index (κ3) is 5.30. The molecule has 10 rings (SSSR count). The van der Waals surface area contributed by atoms with Crippen LogP contribution in [0.1, 0.15) is 5.56 Å². The summed E-state index contributed by atoms with van der Waals surface area (Å²) in [5.41, 5.74) is 12.1. The Morgan fingerprint density at radius 1 is 0.453 bits per heavy atom. The Morgan fingerprint density at radius 3 is 2.06 bits per heavy atom. The van der Waals surface area contributed by atoms with Gasteiger partial charge in [0.05, 0.1) is 11.4 Å². The van der Waals surface area contributed by atoms with Crippen LogP contribution in [0.15, 0.2) is 197 Å². The van der Waals surface area contributed by atoms with E-state index in [4.69, 9.17) is 8.83 Å². The maximum absolute atomic E-state index is 6.68. The van der Waals surface area contributed by atoms with Crippen LogP contribution in [0.4, 0.5) is 17.1 Å². The minimum atomic E-state index is 0.841. The van der Waals surface area contributed by atoms with E-state index in [1.165, 1.54) is 10.8 Å². The van der Waals surface area contributed by atoms with Gasteiger partial charge in [-0.05, 0) is 93.7 Å². The second-order valence-corrected chi connectivity index (χ2v) is 13.4. The van der Waals surface area contributed by atoms with Crippen molar-refractivity contribution in [3.63, 3.8) is 0 Å². The monoisotopic (exact) mass is 679 g/mol. The second kappa shape index (κ2) is 12.6. The van der Waals surface area contributed by atoms with Gasteiger partial charge in [-0.1, -0.05) is 134 Å². The van der Waals surface area contributed by atoms with Crippen LogP contribution in [0.25, 0.3) is 83.0 Å². The van der Waals surface area contributed by atoms with Crippen LogP contribution in [0.2, 0.25) is 0 Å². The van der Waals surface area contributed by atoms with E-state index in [1.807, 2.05) is 18.2 Å². The second-order valence-electron chi connectivity index (χ2n) is 13.4. The number of rotatable bonds is 7. The van der Waals surface area contributed by atoms with E-state index in [1.54, 1.807) is 6.08 Å². The van der Waals surface area contributed by atoms with Crippen molar-refractivity contribution < 1.29 is 8.83 Å². The smallest absolute Gasteiger partial charge is 0.159 e. The van der Waals surface area contributed by atoms with Crippen LogP contribution in [-0.4, -0.2) is 0 Å². The number of nitrogens with zero attached hydrogens (tertiary/aromatic N) is 1. The highest BCUT2D eigenvalue weighted by molar-refractivity contribution is 6.13. The molecule has 0 aliphatic heterocycles. The zero-order valence-corrected chi connectivity index (χ0v) is 28.9. The fourth-order valence-corrected chi connectivity index (χ4v) is 7.68. The third-order valence-electron chi connectivity index (χ3n) is 10.2. The molecule has 0 amide bonds. The minimum absolute atomic E-state index is 0.841. The van der Waals surface area contributed by atoms with Crippen molar-refractivity contribution in [1.29, 1.82) is 0 Å². The number of fused-ring (bicyclic) bond motifs is 7. The lowest BCUT2D eigenvalue weighted by Gasteiger charge is -2.28. The predicted molar refractivity (Wildman–Crippen MR) is 223 cm³/mol. The molecule has 0 saturated carbocycles. The van der Waals surface area contributed by atoms with E-state index in [2.05, 4.69) is 175 Å². The molecule has 0 N–H and O–H groups in total. The van der Waals surface area contributed by atoms with E-state index in [0.29, 0.717) is 0 Å². The fraction of sp³-hybridized carbons (Fsp3) is 0. The molecule has 3 heteroatoms. The molecule has 2 aromatic heterocycles. The first-order chi connectivity index (χ1) is 26.2. The molecule has 0 radical (unpaired) electrons. The maximum Gasteiger partial charge on any atom is 0.159 e. The molecule has 250 valence electrons. The average Bonchev–Trinajstić information content (AvgIpc) is 3.78. The summed E-state index contributed by atoms with van der Waals surface area (Å²) < 4.78 is 13.1. The van der Waals surface area contributed by atoms with Crippen LogP contribution in [0.5, 0.6) is 0 Å². The molecule has 0 aliphatic carbocycles. The lowest BCUT2D eigenvalue weighted by Crippen LogP contribution is -2.11. The number of para-hydroxylation sites is 3. The third-order valence-corrected chi connectivity index (χ3v) is 10.2. The fourth-order valence-electron chi connectivity index (χ4n) is 7.68. The zero-order chi connectivity index (χ0) is 35.3. The van der Waals surface area contributed by atoms with Gasteiger partial charge in [-0.15, -0.1) is 0 Å². The number of allylic oxidation sites excluding steroid dienone is 2. The molecule has 8 aromatic carbocycles. The quantitative estimate of drug-likeness (QED) is 0.157. The first kappa shape index (κ1) is 30.7. The summed E-state index contributed by atoms with van der Waals surface area (Å²) in [6, 6.07) is 60.1. The van der Waals surface area contributed by atoms with Crippen LogP contribution in [-0.2, 0) is 0 Å². The van der Waals surface area contributed by atoms with Crippen molar-refractivity contribution in [2.45, 2.75) is 0 Å². The lowest BCUT2D eigenvalue weighted by molar-refractivity contribution is 0.669. The molecule has 2 heterocycles. The molecule has 10 aromatic rings. The summed E-state index contributed by atoms with van der Waals surface area (Å²) >= 11 is 0. The van der Waals surface area contributed by atoms with Gasteiger partial charge in [0, 0.05) is 32.8 Å². The number of hydrogen-bond donors (Lipinski definition) is 0. The van der Waals surface area contributed by atoms with Gasteiger partial charge in [0.1, 0.15) is 16.7 Å². The Balaban J connectivity index is 1.19. The standard InChI is InChI=1S/C50H33NO2/c1-2-3-13-33-14-10-17-34(28-33)35-18-11-19-39(29-35)51(46-24-12-22-42-41-21-7-9-25-47(41)53-50(42)46)45-23-8-6-20-40(45)38-26-27-48-43(31-38)44-30-36-15-4-5-16-37(36)32-49(44)52-48/h2-32H,1H2/b13-3-. The van der Waals surface area contributed by atoms with Crippen LogP contribution in [0, 0.1) is 0 Å². The van der Waals surface area contributed by atoms with E-state index in [0.717, 1.165) is 88.8 Å². The molecule has 0 unspecified atom stereocenters. The molecular formula is C50H33NO2. The molecule has 0 spiro atoms. The van der Waals surface area contributed by atoms with E-state index in [9.17, 15) is 0 Å². The Bertz CT molecular complexity index is 3050. The van der Waals surface area contributed by atoms with Gasteiger partial charge in [-0.25, -0.2) is 0 Å². The number of hydrogen-bond acceptors (Lipinski definition) is 3. The predicted octanol–water partition coefficient (Wildman–Crippen LogP) is 14.6. The van der Waals surface area contributed by atoms with Gasteiger partial charge in [-0.2, -0.15) is 0 Å². The summed E-state index contributed by atoms with van der Waals surface area (Å²) in [7, 11) is 0. The first-order valence-electron chi connectivity index (χ1n) is 17.9. The Morgan fingerprint density at radius 2 is 1.15 bits per heavy atom. The Kier molecular flexibility index (Phi) is 7.29. The first-order valence-corrected chi connectivity index (χ1v) is 17.9. The number of anilines is 3. The van der Waals surface area contributed by atoms with Crippen molar-refractivity contribution in [3.8, 4) is 22.3 Å². The summed E-state index contributed by atoms with van der Waals surface area (Å²) in [6.07, 6.45) is 5.85. The highest BCUT2D eigenvalue weighted by Gasteiger charge is 2.23. The van der Waals surface area contributed by atoms with Gasteiger partial charge < -0.3 is 13.7 Å². The SMILES string of the molecule is C=C/C=C\c1cccc(-c2cccc(N(c3ccccc3-c3ccc4oc5cc6ccccc6cc5c4c3)c3cccc4c3oc3ccccc34)c2)c1. The Hall–Kier alpha value is -7.10.